The fraction of sp³-hybridized carbons (Fsp3) is 0.714. The molecule has 1 atom stereocenters. The Morgan fingerprint density at radius 2 is 2.11 bits per heavy atom. The molecule has 1 unspecified atom stereocenters. The van der Waals surface area contributed by atoms with Gasteiger partial charge in [0.1, 0.15) is 5.02 Å². The number of aromatic nitrogens is 2. The van der Waals surface area contributed by atoms with Crippen LogP contribution in [0.4, 0.5) is 5.69 Å². The molecule has 4 nitrogen and oxygen atoms in total. The molecule has 0 saturated heterocycles. The van der Waals surface area contributed by atoms with Gasteiger partial charge in [-0.2, -0.15) is 5.10 Å². The smallest absolute Gasteiger partial charge is 0.287 e. The molecule has 5 heteroatoms. The van der Waals surface area contributed by atoms with E-state index in [-0.39, 0.29) is 10.6 Å². The molecule has 108 valence electrons. The van der Waals surface area contributed by atoms with Crippen LogP contribution in [-0.2, 0) is 7.05 Å². The molecular formula is C14H24ClN3O. The summed E-state index contributed by atoms with van der Waals surface area (Å²) in [7, 11) is 1.59. The summed E-state index contributed by atoms with van der Waals surface area (Å²) in [5, 5.41) is 7.35. The molecule has 0 bridgehead atoms. The molecule has 1 heterocycles. The minimum Gasteiger partial charge on any atom is -0.382 e. The summed E-state index contributed by atoms with van der Waals surface area (Å²) in [6, 6.07) is 0. The van der Waals surface area contributed by atoms with Crippen LogP contribution in [0.2, 0.25) is 5.02 Å². The van der Waals surface area contributed by atoms with Crippen molar-refractivity contribution in [2.45, 2.75) is 40.5 Å². The van der Waals surface area contributed by atoms with Gasteiger partial charge in [-0.3, -0.25) is 4.79 Å². The highest BCUT2D eigenvalue weighted by atomic mass is 35.5. The molecule has 0 aliphatic rings. The van der Waals surface area contributed by atoms with Crippen molar-refractivity contribution in [1.29, 1.82) is 0 Å². The molecule has 1 aromatic rings. The van der Waals surface area contributed by atoms with E-state index in [0.717, 1.165) is 13.0 Å². The summed E-state index contributed by atoms with van der Waals surface area (Å²) in [6.07, 6.45) is 3.82. The second kappa shape index (κ2) is 6.42. The Morgan fingerprint density at radius 1 is 1.47 bits per heavy atom. The van der Waals surface area contributed by atoms with Crippen molar-refractivity contribution in [3.8, 4) is 0 Å². The Balaban J connectivity index is 2.50. The zero-order valence-corrected chi connectivity index (χ0v) is 13.2. The van der Waals surface area contributed by atoms with E-state index < -0.39 is 0 Å². The Kier molecular flexibility index (Phi) is 5.41. The quantitative estimate of drug-likeness (QED) is 0.903. The fourth-order valence-electron chi connectivity index (χ4n) is 2.23. The van der Waals surface area contributed by atoms with Gasteiger partial charge < -0.3 is 5.32 Å². The van der Waals surface area contributed by atoms with Crippen LogP contribution in [0.3, 0.4) is 0 Å². The van der Waals surface area contributed by atoms with Gasteiger partial charge in [0.2, 0.25) is 0 Å². The summed E-state index contributed by atoms with van der Waals surface area (Å²) in [5.74, 6) is 0.630. The fourth-order valence-corrected chi connectivity index (χ4v) is 2.47. The lowest BCUT2D eigenvalue weighted by molar-refractivity contribution is 0.300. The molecular weight excluding hydrogens is 262 g/mol. The molecule has 1 rings (SSSR count). The van der Waals surface area contributed by atoms with E-state index in [4.69, 9.17) is 11.6 Å². The number of halogens is 1. The van der Waals surface area contributed by atoms with Gasteiger partial charge in [-0.15, -0.1) is 0 Å². The minimum atomic E-state index is -0.269. The van der Waals surface area contributed by atoms with E-state index in [1.54, 1.807) is 13.2 Å². The number of anilines is 1. The maximum absolute atomic E-state index is 11.6. The van der Waals surface area contributed by atoms with Crippen LogP contribution in [0, 0.1) is 11.3 Å². The SMILES string of the molecule is CC(CCNc1cnn(C)c(=O)c1Cl)CC(C)(C)C. The maximum atomic E-state index is 11.6. The van der Waals surface area contributed by atoms with Crippen LogP contribution in [-0.4, -0.2) is 16.3 Å². The predicted octanol–water partition coefficient (Wildman–Crippen LogP) is 3.31. The Morgan fingerprint density at radius 3 is 2.68 bits per heavy atom. The number of aryl methyl sites for hydroxylation is 1. The monoisotopic (exact) mass is 285 g/mol. The van der Waals surface area contributed by atoms with E-state index in [1.165, 1.54) is 11.1 Å². The molecule has 1 aromatic heterocycles. The first-order valence-electron chi connectivity index (χ1n) is 6.66. The van der Waals surface area contributed by atoms with Gasteiger partial charge >= 0.3 is 0 Å². The number of nitrogens with zero attached hydrogens (tertiary/aromatic N) is 2. The summed E-state index contributed by atoms with van der Waals surface area (Å²) in [4.78, 5) is 11.6. The average Bonchev–Trinajstić information content (AvgIpc) is 2.27. The lowest BCUT2D eigenvalue weighted by Gasteiger charge is -2.23. The first-order valence-corrected chi connectivity index (χ1v) is 7.04. The molecule has 19 heavy (non-hydrogen) atoms. The van der Waals surface area contributed by atoms with Crippen molar-refractivity contribution in [2.75, 3.05) is 11.9 Å². The van der Waals surface area contributed by atoms with Crippen molar-refractivity contribution in [2.24, 2.45) is 18.4 Å². The minimum absolute atomic E-state index is 0.209. The van der Waals surface area contributed by atoms with E-state index in [0.29, 0.717) is 17.0 Å². The van der Waals surface area contributed by atoms with Crippen molar-refractivity contribution in [1.82, 2.24) is 9.78 Å². The summed E-state index contributed by atoms with van der Waals surface area (Å²) < 4.78 is 1.23. The van der Waals surface area contributed by atoms with Gasteiger partial charge in [0.25, 0.3) is 5.56 Å². The molecule has 0 radical (unpaired) electrons. The molecule has 0 aromatic carbocycles. The molecule has 0 saturated carbocycles. The summed E-state index contributed by atoms with van der Waals surface area (Å²) in [6.45, 7) is 9.79. The number of hydrogen-bond donors (Lipinski definition) is 1. The van der Waals surface area contributed by atoms with Gasteiger partial charge in [-0.05, 0) is 24.2 Å². The standard InChI is InChI=1S/C14H24ClN3O/c1-10(8-14(2,3)4)6-7-16-11-9-17-18(5)13(19)12(11)15/h9-10,16H,6-8H2,1-5H3. The highest BCUT2D eigenvalue weighted by Gasteiger charge is 2.15. The van der Waals surface area contributed by atoms with Crippen LogP contribution in [0.1, 0.15) is 40.5 Å². The van der Waals surface area contributed by atoms with E-state index in [2.05, 4.69) is 38.1 Å². The predicted molar refractivity (Wildman–Crippen MR) is 80.8 cm³/mol. The third kappa shape index (κ3) is 5.23. The van der Waals surface area contributed by atoms with Gasteiger partial charge in [0, 0.05) is 13.6 Å². The summed E-state index contributed by atoms with van der Waals surface area (Å²) in [5.41, 5.74) is 0.698. The Labute approximate surface area is 120 Å². The third-order valence-corrected chi connectivity index (χ3v) is 3.36. The lowest BCUT2D eigenvalue weighted by Crippen LogP contribution is -2.21. The summed E-state index contributed by atoms with van der Waals surface area (Å²) >= 11 is 5.98. The van der Waals surface area contributed by atoms with Crippen molar-refractivity contribution >= 4 is 17.3 Å². The third-order valence-electron chi connectivity index (χ3n) is 2.99. The van der Waals surface area contributed by atoms with Crippen LogP contribution in [0.5, 0.6) is 0 Å². The molecule has 0 spiro atoms. The van der Waals surface area contributed by atoms with Crippen molar-refractivity contribution in [3.05, 3.63) is 21.6 Å². The van der Waals surface area contributed by atoms with Gasteiger partial charge in [-0.1, -0.05) is 39.3 Å². The van der Waals surface area contributed by atoms with E-state index >= 15 is 0 Å². The Hall–Kier alpha value is -1.03. The number of hydrogen-bond acceptors (Lipinski definition) is 3. The van der Waals surface area contributed by atoms with Gasteiger partial charge in [0.15, 0.2) is 0 Å². The number of rotatable bonds is 5. The van der Waals surface area contributed by atoms with Crippen LogP contribution < -0.4 is 10.9 Å². The first kappa shape index (κ1) is 16.0. The zero-order chi connectivity index (χ0) is 14.6. The zero-order valence-electron chi connectivity index (χ0n) is 12.5. The molecule has 0 amide bonds. The van der Waals surface area contributed by atoms with Crippen LogP contribution >= 0.6 is 11.6 Å². The maximum Gasteiger partial charge on any atom is 0.287 e. The molecule has 0 aliphatic carbocycles. The first-order chi connectivity index (χ1) is 8.70. The van der Waals surface area contributed by atoms with Crippen LogP contribution in [0.25, 0.3) is 0 Å². The molecule has 0 fully saturated rings. The van der Waals surface area contributed by atoms with Crippen molar-refractivity contribution < 1.29 is 0 Å². The normalized spacial score (nSPS) is 13.4. The lowest BCUT2D eigenvalue weighted by atomic mass is 9.84. The Bertz CT molecular complexity index is 477. The average molecular weight is 286 g/mol. The van der Waals surface area contributed by atoms with Crippen LogP contribution in [0.15, 0.2) is 11.0 Å². The number of nitrogens with one attached hydrogen (secondary N) is 1. The van der Waals surface area contributed by atoms with E-state index in [9.17, 15) is 4.79 Å². The molecule has 1 N–H and O–H groups in total. The van der Waals surface area contributed by atoms with E-state index in [1.807, 2.05) is 0 Å². The van der Waals surface area contributed by atoms with Crippen molar-refractivity contribution in [3.63, 3.8) is 0 Å². The second-order valence-electron chi connectivity index (χ2n) is 6.39. The van der Waals surface area contributed by atoms with Gasteiger partial charge in [0.05, 0.1) is 11.9 Å². The highest BCUT2D eigenvalue weighted by Crippen LogP contribution is 2.26. The van der Waals surface area contributed by atoms with Gasteiger partial charge in [-0.25, -0.2) is 4.68 Å². The molecule has 0 aliphatic heterocycles. The second-order valence-corrected chi connectivity index (χ2v) is 6.76. The topological polar surface area (TPSA) is 46.9 Å². The largest absolute Gasteiger partial charge is 0.382 e. The highest BCUT2D eigenvalue weighted by molar-refractivity contribution is 6.32.